The van der Waals surface area contributed by atoms with Gasteiger partial charge >= 0.3 is 24.2 Å². The first-order valence-electron chi connectivity index (χ1n) is 6.90. The Kier molecular flexibility index (Phi) is 5.20. The lowest BCUT2D eigenvalue weighted by atomic mass is 10.2. The van der Waals surface area contributed by atoms with Crippen molar-refractivity contribution in [2.24, 2.45) is 0 Å². The van der Waals surface area contributed by atoms with Crippen LogP contribution in [0.4, 0.5) is 31.1 Å². The Balaban J connectivity index is 2.92. The van der Waals surface area contributed by atoms with Crippen LogP contribution in [-0.4, -0.2) is 47.3 Å². The van der Waals surface area contributed by atoms with Crippen molar-refractivity contribution in [1.82, 2.24) is 4.90 Å². The van der Waals surface area contributed by atoms with Gasteiger partial charge < -0.3 is 4.74 Å². The van der Waals surface area contributed by atoms with Gasteiger partial charge in [0.05, 0.1) is 0 Å². The monoisotopic (exact) mass is 351 g/mol. The topological polar surface area (TPSA) is 38.8 Å². The van der Waals surface area contributed by atoms with Crippen LogP contribution in [0.5, 0.6) is 0 Å². The first-order valence-corrected chi connectivity index (χ1v) is 6.90. The number of carbonyl (C=O) groups excluding carboxylic acids is 1. The number of hydrogen-bond donors (Lipinski definition) is 0. The summed E-state index contributed by atoms with van der Waals surface area (Å²) in [6, 6.07) is -2.03. The van der Waals surface area contributed by atoms with Gasteiger partial charge in [0, 0.05) is 13.5 Å². The van der Waals surface area contributed by atoms with Crippen LogP contribution in [0.1, 0.15) is 40.5 Å². The van der Waals surface area contributed by atoms with E-state index in [0.717, 1.165) is 0 Å². The summed E-state index contributed by atoms with van der Waals surface area (Å²) >= 11 is 0. The number of likely N-dealkylation sites (tertiary alicyclic amines) is 1. The minimum atomic E-state index is -5.63. The molecule has 0 bridgehead atoms. The van der Waals surface area contributed by atoms with Gasteiger partial charge in [-0.1, -0.05) is 0 Å². The SMILES string of the molecule is CC(C)(C)OC(=O)N1CCCC1C(F)(F)OC(C)(F)C(F)(F)F. The third-order valence-corrected chi connectivity index (χ3v) is 3.10. The van der Waals surface area contributed by atoms with Gasteiger partial charge in [0.1, 0.15) is 11.6 Å². The second kappa shape index (κ2) is 6.03. The Morgan fingerprint density at radius 1 is 1.04 bits per heavy atom. The van der Waals surface area contributed by atoms with E-state index in [0.29, 0.717) is 4.90 Å². The van der Waals surface area contributed by atoms with Crippen LogP contribution in [-0.2, 0) is 9.47 Å². The molecule has 136 valence electrons. The predicted molar refractivity (Wildman–Crippen MR) is 67.6 cm³/mol. The molecule has 23 heavy (non-hydrogen) atoms. The van der Waals surface area contributed by atoms with E-state index in [-0.39, 0.29) is 26.3 Å². The van der Waals surface area contributed by atoms with E-state index in [2.05, 4.69) is 4.74 Å². The summed E-state index contributed by atoms with van der Waals surface area (Å²) in [6.07, 6.45) is -11.5. The summed E-state index contributed by atoms with van der Waals surface area (Å²) in [4.78, 5) is 12.4. The van der Waals surface area contributed by atoms with Crippen LogP contribution < -0.4 is 0 Å². The molecular weight excluding hydrogens is 332 g/mol. The van der Waals surface area contributed by atoms with E-state index < -0.39 is 35.9 Å². The molecule has 1 saturated heterocycles. The molecule has 10 heteroatoms. The molecule has 1 aliphatic heterocycles. The molecular formula is C13H19F6NO3. The van der Waals surface area contributed by atoms with Gasteiger partial charge in [-0.15, -0.1) is 0 Å². The van der Waals surface area contributed by atoms with E-state index in [1.165, 1.54) is 20.8 Å². The fourth-order valence-electron chi connectivity index (χ4n) is 2.04. The highest BCUT2D eigenvalue weighted by Gasteiger charge is 2.62. The normalized spacial score (nSPS) is 22.9. The second-order valence-corrected chi connectivity index (χ2v) is 6.41. The molecule has 1 amide bonds. The van der Waals surface area contributed by atoms with Crippen molar-refractivity contribution in [1.29, 1.82) is 0 Å². The van der Waals surface area contributed by atoms with Gasteiger partial charge in [-0.2, -0.15) is 22.0 Å². The average molecular weight is 351 g/mol. The molecule has 0 N–H and O–H groups in total. The second-order valence-electron chi connectivity index (χ2n) is 6.41. The average Bonchev–Trinajstić information content (AvgIpc) is 2.72. The zero-order valence-corrected chi connectivity index (χ0v) is 13.1. The molecule has 0 aromatic carbocycles. The van der Waals surface area contributed by atoms with Crippen LogP contribution in [0.15, 0.2) is 0 Å². The van der Waals surface area contributed by atoms with E-state index >= 15 is 0 Å². The van der Waals surface area contributed by atoms with Crippen molar-refractivity contribution < 1.29 is 40.6 Å². The van der Waals surface area contributed by atoms with Crippen LogP contribution in [0.3, 0.4) is 0 Å². The summed E-state index contributed by atoms with van der Waals surface area (Å²) in [7, 11) is 0. The van der Waals surface area contributed by atoms with Crippen LogP contribution >= 0.6 is 0 Å². The molecule has 0 aliphatic carbocycles. The summed E-state index contributed by atoms with van der Waals surface area (Å²) in [6.45, 7) is 4.23. The molecule has 0 radical (unpaired) electrons. The number of carbonyl (C=O) groups is 1. The number of amides is 1. The number of hydrogen-bond acceptors (Lipinski definition) is 3. The van der Waals surface area contributed by atoms with Crippen molar-refractivity contribution in [3.8, 4) is 0 Å². The minimum absolute atomic E-state index is 0.109. The maximum Gasteiger partial charge on any atom is 0.448 e. The highest BCUT2D eigenvalue weighted by molar-refractivity contribution is 5.69. The van der Waals surface area contributed by atoms with Crippen LogP contribution in [0, 0.1) is 0 Å². The Labute approximate surface area is 129 Å². The molecule has 2 unspecified atom stereocenters. The Morgan fingerprint density at radius 2 is 1.57 bits per heavy atom. The lowest BCUT2D eigenvalue weighted by molar-refractivity contribution is -0.413. The molecule has 2 atom stereocenters. The Hall–Kier alpha value is -1.19. The molecule has 1 heterocycles. The number of nitrogens with zero attached hydrogens (tertiary/aromatic N) is 1. The fraction of sp³-hybridized carbons (Fsp3) is 0.923. The van der Waals surface area contributed by atoms with Crippen molar-refractivity contribution in [2.75, 3.05) is 6.54 Å². The van der Waals surface area contributed by atoms with Gasteiger partial charge in [0.25, 0.3) is 0 Å². The third-order valence-electron chi connectivity index (χ3n) is 3.10. The Bertz CT molecular complexity index is 444. The van der Waals surface area contributed by atoms with Gasteiger partial charge in [-0.25, -0.2) is 9.18 Å². The number of ether oxygens (including phenoxy) is 2. The van der Waals surface area contributed by atoms with Gasteiger partial charge in [-0.05, 0) is 33.6 Å². The molecule has 0 saturated carbocycles. The van der Waals surface area contributed by atoms with E-state index in [1.807, 2.05) is 0 Å². The summed E-state index contributed by atoms with van der Waals surface area (Å²) in [5.41, 5.74) is -0.971. The zero-order valence-electron chi connectivity index (χ0n) is 13.1. The Morgan fingerprint density at radius 3 is 2.00 bits per heavy atom. The number of alkyl halides is 6. The highest BCUT2D eigenvalue weighted by Crippen LogP contribution is 2.42. The van der Waals surface area contributed by atoms with Gasteiger partial charge in [-0.3, -0.25) is 9.64 Å². The van der Waals surface area contributed by atoms with Crippen molar-refractivity contribution in [3.63, 3.8) is 0 Å². The van der Waals surface area contributed by atoms with Crippen molar-refractivity contribution in [3.05, 3.63) is 0 Å². The van der Waals surface area contributed by atoms with E-state index in [4.69, 9.17) is 4.74 Å². The van der Waals surface area contributed by atoms with Gasteiger partial charge in [0.15, 0.2) is 0 Å². The molecule has 4 nitrogen and oxygen atoms in total. The largest absolute Gasteiger partial charge is 0.448 e. The number of rotatable bonds is 3. The molecule has 0 aromatic heterocycles. The summed E-state index contributed by atoms with van der Waals surface area (Å²) in [5.74, 6) is -4.54. The fourth-order valence-corrected chi connectivity index (χ4v) is 2.04. The summed E-state index contributed by atoms with van der Waals surface area (Å²) < 4.78 is 86.9. The smallest absolute Gasteiger partial charge is 0.444 e. The highest BCUT2D eigenvalue weighted by atomic mass is 19.4. The molecule has 1 rings (SSSR count). The molecule has 0 aromatic rings. The first-order chi connectivity index (χ1) is 10.1. The van der Waals surface area contributed by atoms with Gasteiger partial charge in [0.2, 0.25) is 0 Å². The standard InChI is InChI=1S/C13H19F6NO3/c1-10(2,3)22-9(21)20-7-5-6-8(20)12(15,16)23-11(4,14)13(17,18)19/h8H,5-7H2,1-4H3. The van der Waals surface area contributed by atoms with Crippen molar-refractivity contribution in [2.45, 2.75) is 70.3 Å². The molecule has 1 fully saturated rings. The quantitative estimate of drug-likeness (QED) is 0.714. The maximum atomic E-state index is 14.0. The zero-order chi connectivity index (χ0) is 18.3. The van der Waals surface area contributed by atoms with Crippen molar-refractivity contribution >= 4 is 6.09 Å². The summed E-state index contributed by atoms with van der Waals surface area (Å²) in [5, 5.41) is 0. The van der Waals surface area contributed by atoms with Crippen LogP contribution in [0.25, 0.3) is 0 Å². The maximum absolute atomic E-state index is 14.0. The number of halogens is 6. The lowest BCUT2D eigenvalue weighted by Gasteiger charge is -2.35. The molecule has 0 spiro atoms. The minimum Gasteiger partial charge on any atom is -0.444 e. The lowest BCUT2D eigenvalue weighted by Crippen LogP contribution is -2.54. The van der Waals surface area contributed by atoms with E-state index in [9.17, 15) is 31.1 Å². The van der Waals surface area contributed by atoms with E-state index in [1.54, 1.807) is 0 Å². The third kappa shape index (κ3) is 4.89. The first kappa shape index (κ1) is 19.9. The van der Waals surface area contributed by atoms with Crippen LogP contribution in [0.2, 0.25) is 0 Å². The molecule has 1 aliphatic rings. The predicted octanol–water partition coefficient (Wildman–Crippen LogP) is 4.24.